The van der Waals surface area contributed by atoms with E-state index >= 15 is 0 Å². The fourth-order valence-electron chi connectivity index (χ4n) is 0.485. The molecule has 0 saturated heterocycles. The van der Waals surface area contributed by atoms with E-state index < -0.39 is 6.09 Å². The van der Waals surface area contributed by atoms with Crippen LogP contribution in [0, 0.1) is 0 Å². The summed E-state index contributed by atoms with van der Waals surface area (Å²) in [6.07, 6.45) is 0.734. The SMILES string of the molecule is C=COCCNC(=O)OCCO. The molecule has 0 aliphatic heterocycles. The van der Waals surface area contributed by atoms with Crippen LogP contribution in [0.15, 0.2) is 12.8 Å². The highest BCUT2D eigenvalue weighted by molar-refractivity contribution is 5.66. The average Bonchev–Trinajstić information content (AvgIpc) is 2.09. The van der Waals surface area contributed by atoms with Gasteiger partial charge in [-0.2, -0.15) is 0 Å². The normalized spacial score (nSPS) is 8.75. The number of hydrogen-bond donors (Lipinski definition) is 2. The Labute approximate surface area is 71.0 Å². The van der Waals surface area contributed by atoms with Crippen molar-refractivity contribution >= 4 is 6.09 Å². The summed E-state index contributed by atoms with van der Waals surface area (Å²) in [6.45, 7) is 3.88. The molecule has 0 aromatic heterocycles. The van der Waals surface area contributed by atoms with Crippen molar-refractivity contribution in [3.63, 3.8) is 0 Å². The first-order chi connectivity index (χ1) is 5.81. The van der Waals surface area contributed by atoms with Crippen molar-refractivity contribution in [2.75, 3.05) is 26.4 Å². The summed E-state index contributed by atoms with van der Waals surface area (Å²) < 4.78 is 9.22. The molecule has 0 aromatic carbocycles. The molecule has 0 atom stereocenters. The van der Waals surface area contributed by atoms with E-state index in [0.29, 0.717) is 13.2 Å². The third-order valence-corrected chi connectivity index (χ3v) is 0.932. The highest BCUT2D eigenvalue weighted by Gasteiger charge is 1.98. The van der Waals surface area contributed by atoms with E-state index in [2.05, 4.69) is 16.6 Å². The van der Waals surface area contributed by atoms with Crippen LogP contribution >= 0.6 is 0 Å². The second-order valence-electron chi connectivity index (χ2n) is 1.82. The van der Waals surface area contributed by atoms with Gasteiger partial charge in [0.2, 0.25) is 0 Å². The number of alkyl carbamates (subject to hydrolysis) is 1. The van der Waals surface area contributed by atoms with Crippen LogP contribution in [0.25, 0.3) is 0 Å². The van der Waals surface area contributed by atoms with Crippen molar-refractivity contribution in [2.45, 2.75) is 0 Å². The van der Waals surface area contributed by atoms with Gasteiger partial charge in [-0.3, -0.25) is 0 Å². The summed E-state index contributed by atoms with van der Waals surface area (Å²) in [5.41, 5.74) is 0. The van der Waals surface area contributed by atoms with Crippen LogP contribution in [0.1, 0.15) is 0 Å². The van der Waals surface area contributed by atoms with Gasteiger partial charge in [-0.05, 0) is 0 Å². The lowest BCUT2D eigenvalue weighted by Crippen LogP contribution is -2.28. The standard InChI is InChI=1S/C7H13NO4/c1-2-11-5-3-8-7(10)12-6-4-9/h2,9H,1,3-6H2,(H,8,10). The van der Waals surface area contributed by atoms with E-state index in [1.165, 1.54) is 6.26 Å². The number of carbonyl (C=O) groups excluding carboxylic acids is 1. The molecule has 5 heteroatoms. The van der Waals surface area contributed by atoms with Gasteiger partial charge in [-0.15, -0.1) is 0 Å². The maximum Gasteiger partial charge on any atom is 0.407 e. The molecule has 0 aliphatic carbocycles. The molecule has 0 saturated carbocycles. The second kappa shape index (κ2) is 7.87. The molecule has 12 heavy (non-hydrogen) atoms. The molecule has 0 aliphatic rings. The van der Waals surface area contributed by atoms with E-state index in [9.17, 15) is 4.79 Å². The van der Waals surface area contributed by atoms with Gasteiger partial charge in [0.15, 0.2) is 0 Å². The summed E-state index contributed by atoms with van der Waals surface area (Å²) in [5.74, 6) is 0. The minimum atomic E-state index is -0.559. The van der Waals surface area contributed by atoms with E-state index in [1.54, 1.807) is 0 Å². The Balaban J connectivity index is 3.13. The van der Waals surface area contributed by atoms with E-state index in [0.717, 1.165) is 0 Å². The van der Waals surface area contributed by atoms with Gasteiger partial charge in [-0.1, -0.05) is 6.58 Å². The number of nitrogens with one attached hydrogen (secondary N) is 1. The lowest BCUT2D eigenvalue weighted by atomic mass is 10.7. The van der Waals surface area contributed by atoms with Gasteiger partial charge in [0.1, 0.15) is 13.2 Å². The maximum absolute atomic E-state index is 10.6. The van der Waals surface area contributed by atoms with Crippen LogP contribution in [0.3, 0.4) is 0 Å². The predicted molar refractivity (Wildman–Crippen MR) is 42.6 cm³/mol. The Hall–Kier alpha value is -1.23. The molecule has 70 valence electrons. The van der Waals surface area contributed by atoms with Crippen molar-refractivity contribution in [2.24, 2.45) is 0 Å². The Morgan fingerprint density at radius 3 is 2.92 bits per heavy atom. The maximum atomic E-state index is 10.6. The summed E-state index contributed by atoms with van der Waals surface area (Å²) in [4.78, 5) is 10.6. The van der Waals surface area contributed by atoms with Crippen molar-refractivity contribution in [3.8, 4) is 0 Å². The zero-order valence-corrected chi connectivity index (χ0v) is 6.78. The van der Waals surface area contributed by atoms with Crippen LogP contribution in [0.5, 0.6) is 0 Å². The lowest BCUT2D eigenvalue weighted by Gasteiger charge is -2.04. The Morgan fingerprint density at radius 2 is 2.33 bits per heavy atom. The van der Waals surface area contributed by atoms with Crippen LogP contribution in [-0.2, 0) is 9.47 Å². The van der Waals surface area contributed by atoms with Crippen LogP contribution in [0.4, 0.5) is 4.79 Å². The summed E-state index contributed by atoms with van der Waals surface area (Å²) in [7, 11) is 0. The van der Waals surface area contributed by atoms with Gasteiger partial charge >= 0.3 is 6.09 Å². The number of hydrogen-bond acceptors (Lipinski definition) is 4. The molecule has 0 rings (SSSR count). The van der Waals surface area contributed by atoms with Crippen molar-refractivity contribution in [1.29, 1.82) is 0 Å². The molecule has 0 bridgehead atoms. The third kappa shape index (κ3) is 6.88. The predicted octanol–water partition coefficient (Wildman–Crippen LogP) is -0.135. The third-order valence-electron chi connectivity index (χ3n) is 0.932. The van der Waals surface area contributed by atoms with Gasteiger partial charge in [0.25, 0.3) is 0 Å². The number of ether oxygens (including phenoxy) is 2. The molecule has 0 radical (unpaired) electrons. The topological polar surface area (TPSA) is 67.8 Å². The van der Waals surface area contributed by atoms with Gasteiger partial charge in [0.05, 0.1) is 19.4 Å². The highest BCUT2D eigenvalue weighted by atomic mass is 16.6. The van der Waals surface area contributed by atoms with Crippen LogP contribution < -0.4 is 5.32 Å². The van der Waals surface area contributed by atoms with Crippen LogP contribution in [-0.4, -0.2) is 37.6 Å². The van der Waals surface area contributed by atoms with Crippen LogP contribution in [0.2, 0.25) is 0 Å². The Bertz CT molecular complexity index is 137. The molecular weight excluding hydrogens is 162 g/mol. The first-order valence-corrected chi connectivity index (χ1v) is 3.55. The molecule has 0 unspecified atom stereocenters. The van der Waals surface area contributed by atoms with Crippen molar-refractivity contribution in [3.05, 3.63) is 12.8 Å². The molecule has 1 amide bonds. The monoisotopic (exact) mass is 175 g/mol. The lowest BCUT2D eigenvalue weighted by molar-refractivity contribution is 0.117. The molecule has 5 nitrogen and oxygen atoms in total. The minimum Gasteiger partial charge on any atom is -0.500 e. The Morgan fingerprint density at radius 1 is 1.58 bits per heavy atom. The molecule has 0 fully saturated rings. The van der Waals surface area contributed by atoms with Gasteiger partial charge in [0, 0.05) is 0 Å². The quantitative estimate of drug-likeness (QED) is 0.435. The number of rotatable bonds is 6. The summed E-state index contributed by atoms with van der Waals surface area (Å²) >= 11 is 0. The zero-order chi connectivity index (χ0) is 9.23. The summed E-state index contributed by atoms with van der Waals surface area (Å²) in [5, 5.41) is 10.7. The first-order valence-electron chi connectivity index (χ1n) is 3.55. The fourth-order valence-corrected chi connectivity index (χ4v) is 0.485. The number of carbonyl (C=O) groups is 1. The van der Waals surface area contributed by atoms with Crippen molar-refractivity contribution in [1.82, 2.24) is 5.32 Å². The molecular formula is C7H13NO4. The first kappa shape index (κ1) is 10.8. The molecule has 2 N–H and O–H groups in total. The minimum absolute atomic E-state index is 0.00808. The fraction of sp³-hybridized carbons (Fsp3) is 0.571. The van der Waals surface area contributed by atoms with E-state index in [4.69, 9.17) is 9.84 Å². The second-order valence-corrected chi connectivity index (χ2v) is 1.82. The summed E-state index contributed by atoms with van der Waals surface area (Å²) in [6, 6.07) is 0. The van der Waals surface area contributed by atoms with Gasteiger partial charge in [-0.25, -0.2) is 4.79 Å². The highest BCUT2D eigenvalue weighted by Crippen LogP contribution is 1.77. The van der Waals surface area contributed by atoms with E-state index in [-0.39, 0.29) is 13.2 Å². The van der Waals surface area contributed by atoms with Gasteiger partial charge < -0.3 is 19.9 Å². The molecule has 0 heterocycles. The van der Waals surface area contributed by atoms with E-state index in [1.807, 2.05) is 0 Å². The Kier molecular flexibility index (Phi) is 7.07. The molecule has 0 aromatic rings. The largest absolute Gasteiger partial charge is 0.500 e. The van der Waals surface area contributed by atoms with Crippen molar-refractivity contribution < 1.29 is 19.4 Å². The zero-order valence-electron chi connectivity index (χ0n) is 6.78. The average molecular weight is 175 g/mol. The number of aliphatic hydroxyl groups is 1. The smallest absolute Gasteiger partial charge is 0.407 e. The number of amides is 1. The molecule has 0 spiro atoms. The number of aliphatic hydroxyl groups excluding tert-OH is 1.